The van der Waals surface area contributed by atoms with Gasteiger partial charge in [0.25, 0.3) is 5.91 Å². The van der Waals surface area contributed by atoms with Crippen molar-refractivity contribution in [1.82, 2.24) is 0 Å². The molecule has 0 saturated carbocycles. The first-order valence-electron chi connectivity index (χ1n) is 8.80. The van der Waals surface area contributed by atoms with E-state index in [2.05, 4.69) is 0 Å². The number of amides is 1. The molecule has 0 radical (unpaired) electrons. The molecule has 1 aliphatic rings. The molecule has 26 heavy (non-hydrogen) atoms. The van der Waals surface area contributed by atoms with Crippen molar-refractivity contribution in [1.29, 1.82) is 0 Å². The topological polar surface area (TPSA) is 55.8 Å². The van der Waals surface area contributed by atoms with Gasteiger partial charge in [-0.15, -0.1) is 0 Å². The lowest BCUT2D eigenvalue weighted by atomic mass is 10.1. The summed E-state index contributed by atoms with van der Waals surface area (Å²) in [6, 6.07) is 14.8. The van der Waals surface area contributed by atoms with Crippen molar-refractivity contribution >= 4 is 17.6 Å². The van der Waals surface area contributed by atoms with Crippen molar-refractivity contribution in [3.05, 3.63) is 59.7 Å². The average Bonchev–Trinajstić information content (AvgIpc) is 2.95. The van der Waals surface area contributed by atoms with Gasteiger partial charge in [-0.3, -0.25) is 4.79 Å². The number of para-hydroxylation sites is 2. The van der Waals surface area contributed by atoms with Crippen LogP contribution in [0.1, 0.15) is 36.7 Å². The van der Waals surface area contributed by atoms with Crippen LogP contribution in [0.25, 0.3) is 0 Å². The molecule has 1 unspecified atom stereocenters. The van der Waals surface area contributed by atoms with E-state index in [4.69, 9.17) is 9.47 Å². The molecule has 0 aliphatic carbocycles. The molecule has 5 heteroatoms. The van der Waals surface area contributed by atoms with E-state index in [1.807, 2.05) is 45.0 Å². The Morgan fingerprint density at radius 3 is 2.58 bits per heavy atom. The van der Waals surface area contributed by atoms with Crippen LogP contribution in [0.4, 0.5) is 5.69 Å². The molecule has 2 aromatic carbocycles. The molecule has 0 spiro atoms. The van der Waals surface area contributed by atoms with Crippen LogP contribution < -0.4 is 9.64 Å². The minimum atomic E-state index is -0.560. The van der Waals surface area contributed by atoms with Crippen LogP contribution in [-0.4, -0.2) is 30.6 Å². The van der Waals surface area contributed by atoms with E-state index >= 15 is 0 Å². The summed E-state index contributed by atoms with van der Waals surface area (Å²) in [4.78, 5) is 26.8. The largest absolute Gasteiger partial charge is 0.490 e. The van der Waals surface area contributed by atoms with E-state index in [1.165, 1.54) is 0 Å². The highest BCUT2D eigenvalue weighted by Gasteiger charge is 2.31. The Kier molecular flexibility index (Phi) is 5.26. The van der Waals surface area contributed by atoms with Crippen LogP contribution in [0.15, 0.2) is 48.5 Å². The number of nitrogens with zero attached hydrogens (tertiary/aromatic N) is 1. The Hall–Kier alpha value is -2.82. The van der Waals surface area contributed by atoms with Crippen molar-refractivity contribution in [3.8, 4) is 5.75 Å². The van der Waals surface area contributed by atoms with Gasteiger partial charge in [0.05, 0.1) is 6.10 Å². The van der Waals surface area contributed by atoms with Crippen LogP contribution in [0.5, 0.6) is 5.75 Å². The fraction of sp³-hybridized carbons (Fsp3) is 0.333. The third-order valence-corrected chi connectivity index (χ3v) is 4.27. The Morgan fingerprint density at radius 2 is 1.81 bits per heavy atom. The van der Waals surface area contributed by atoms with Crippen LogP contribution in [0, 0.1) is 0 Å². The molecule has 0 fully saturated rings. The number of carbonyl (C=O) groups excluding carboxylic acids is 2. The van der Waals surface area contributed by atoms with E-state index in [0.29, 0.717) is 11.3 Å². The fourth-order valence-corrected chi connectivity index (χ4v) is 3.21. The maximum absolute atomic E-state index is 12.6. The molecule has 0 N–H and O–H groups in total. The molecule has 2 aromatic rings. The summed E-state index contributed by atoms with van der Waals surface area (Å²) in [6.07, 6.45) is 0.744. The van der Waals surface area contributed by atoms with Crippen molar-refractivity contribution in [2.45, 2.75) is 39.3 Å². The molecule has 5 nitrogen and oxygen atoms in total. The number of anilines is 1. The van der Waals surface area contributed by atoms with Gasteiger partial charge in [-0.2, -0.15) is 0 Å². The molecule has 0 saturated heterocycles. The second-order valence-electron chi connectivity index (χ2n) is 6.68. The molecular weight excluding hydrogens is 330 g/mol. The van der Waals surface area contributed by atoms with Crippen LogP contribution in [-0.2, 0) is 16.0 Å². The number of benzene rings is 2. The lowest BCUT2D eigenvalue weighted by Crippen LogP contribution is -2.38. The van der Waals surface area contributed by atoms with Crippen molar-refractivity contribution in [2.75, 3.05) is 11.5 Å². The zero-order valence-electron chi connectivity index (χ0n) is 15.3. The van der Waals surface area contributed by atoms with E-state index in [-0.39, 0.29) is 24.7 Å². The van der Waals surface area contributed by atoms with E-state index in [0.717, 1.165) is 17.7 Å². The third-order valence-electron chi connectivity index (χ3n) is 4.27. The van der Waals surface area contributed by atoms with Gasteiger partial charge in [-0.1, -0.05) is 30.3 Å². The zero-order chi connectivity index (χ0) is 18.7. The monoisotopic (exact) mass is 353 g/mol. The lowest BCUT2D eigenvalue weighted by molar-refractivity contribution is -0.122. The average molecular weight is 353 g/mol. The highest BCUT2D eigenvalue weighted by Crippen LogP contribution is 2.31. The summed E-state index contributed by atoms with van der Waals surface area (Å²) < 4.78 is 10.9. The number of rotatable bonds is 5. The van der Waals surface area contributed by atoms with Crippen molar-refractivity contribution in [3.63, 3.8) is 0 Å². The molecule has 1 aliphatic heterocycles. The molecule has 1 heterocycles. The van der Waals surface area contributed by atoms with Gasteiger partial charge in [0.1, 0.15) is 11.3 Å². The molecule has 1 atom stereocenters. The van der Waals surface area contributed by atoms with Crippen LogP contribution in [0.3, 0.4) is 0 Å². The van der Waals surface area contributed by atoms with Crippen LogP contribution in [0.2, 0.25) is 0 Å². The number of fused-ring (bicyclic) bond motifs is 1. The number of carbonyl (C=O) groups is 2. The van der Waals surface area contributed by atoms with E-state index in [1.54, 1.807) is 29.2 Å². The third kappa shape index (κ3) is 3.72. The maximum Gasteiger partial charge on any atom is 0.342 e. The summed E-state index contributed by atoms with van der Waals surface area (Å²) >= 11 is 0. The summed E-state index contributed by atoms with van der Waals surface area (Å²) in [6.45, 7) is 5.47. The second-order valence-corrected chi connectivity index (χ2v) is 6.68. The summed E-state index contributed by atoms with van der Waals surface area (Å²) in [7, 11) is 0. The summed E-state index contributed by atoms with van der Waals surface area (Å²) in [5.41, 5.74) is 2.35. The van der Waals surface area contributed by atoms with Gasteiger partial charge in [0.2, 0.25) is 0 Å². The normalized spacial score (nSPS) is 15.7. The number of ether oxygens (including phenoxy) is 2. The predicted octanol–water partition coefficient (Wildman–Crippen LogP) is 3.61. The number of hydrogen-bond donors (Lipinski definition) is 0. The molecule has 0 bridgehead atoms. The summed E-state index contributed by atoms with van der Waals surface area (Å²) in [5.74, 6) is -0.326. The highest BCUT2D eigenvalue weighted by molar-refractivity contribution is 5.99. The Labute approximate surface area is 153 Å². The fourth-order valence-electron chi connectivity index (χ4n) is 3.21. The quantitative estimate of drug-likeness (QED) is 0.771. The van der Waals surface area contributed by atoms with Gasteiger partial charge in [-0.25, -0.2) is 4.79 Å². The lowest BCUT2D eigenvalue weighted by Gasteiger charge is -2.22. The van der Waals surface area contributed by atoms with E-state index in [9.17, 15) is 9.59 Å². The molecule has 1 amide bonds. The van der Waals surface area contributed by atoms with Gasteiger partial charge in [0, 0.05) is 11.7 Å². The van der Waals surface area contributed by atoms with Gasteiger partial charge in [-0.05, 0) is 51.0 Å². The standard InChI is InChI=1S/C21H23NO4/c1-14(2)26-19-11-7-5-9-17(19)21(24)25-13-20(23)22-15(3)12-16-8-4-6-10-18(16)22/h4-11,14-15H,12-13H2,1-3H3. The predicted molar refractivity (Wildman–Crippen MR) is 99.6 cm³/mol. The molecular formula is C21H23NO4. The second kappa shape index (κ2) is 7.60. The Balaban J connectivity index is 1.68. The first-order valence-corrected chi connectivity index (χ1v) is 8.80. The zero-order valence-corrected chi connectivity index (χ0v) is 15.3. The van der Waals surface area contributed by atoms with Crippen LogP contribution >= 0.6 is 0 Å². The van der Waals surface area contributed by atoms with Gasteiger partial charge >= 0.3 is 5.97 Å². The minimum absolute atomic E-state index is 0.0511. The Bertz CT molecular complexity index is 815. The SMILES string of the molecule is CC(C)Oc1ccccc1C(=O)OCC(=O)N1c2ccccc2CC1C. The first kappa shape index (κ1) is 18.0. The van der Waals surface area contributed by atoms with Crippen molar-refractivity contribution < 1.29 is 19.1 Å². The maximum atomic E-state index is 12.6. The number of hydrogen-bond acceptors (Lipinski definition) is 4. The smallest absolute Gasteiger partial charge is 0.342 e. The number of esters is 1. The van der Waals surface area contributed by atoms with E-state index < -0.39 is 5.97 Å². The van der Waals surface area contributed by atoms with Gasteiger partial charge < -0.3 is 14.4 Å². The molecule has 3 rings (SSSR count). The summed E-state index contributed by atoms with van der Waals surface area (Å²) in [5, 5.41) is 0. The highest BCUT2D eigenvalue weighted by atomic mass is 16.5. The minimum Gasteiger partial charge on any atom is -0.490 e. The first-order chi connectivity index (χ1) is 12.5. The molecule has 136 valence electrons. The van der Waals surface area contributed by atoms with Crippen molar-refractivity contribution in [2.24, 2.45) is 0 Å². The molecule has 0 aromatic heterocycles. The Morgan fingerprint density at radius 1 is 1.12 bits per heavy atom. The van der Waals surface area contributed by atoms with Gasteiger partial charge in [0.15, 0.2) is 6.61 Å².